The minimum absolute atomic E-state index is 0.588. The second-order valence-corrected chi connectivity index (χ2v) is 4.51. The van der Waals surface area contributed by atoms with E-state index in [1.807, 2.05) is 0 Å². The number of hydrogen-bond acceptors (Lipinski definition) is 0. The summed E-state index contributed by atoms with van der Waals surface area (Å²) in [5.41, 5.74) is 2.33. The lowest BCUT2D eigenvalue weighted by molar-refractivity contribution is 0.439. The quantitative estimate of drug-likeness (QED) is 0.449. The van der Waals surface area contributed by atoms with Crippen molar-refractivity contribution < 1.29 is 0 Å². The molecular weight excluding hydrogens is 120 g/mol. The van der Waals surface area contributed by atoms with Gasteiger partial charge in [0.15, 0.2) is 0 Å². The predicted octanol–water partition coefficient (Wildman–Crippen LogP) is 3.00. The van der Waals surface area contributed by atoms with E-state index in [0.717, 1.165) is 11.8 Å². The Morgan fingerprint density at radius 1 is 1.50 bits per heavy atom. The van der Waals surface area contributed by atoms with Crippen LogP contribution in [0.2, 0.25) is 0 Å². The molecule has 0 aromatic heterocycles. The summed E-state index contributed by atoms with van der Waals surface area (Å²) >= 11 is 0. The number of hydrogen-bond donors (Lipinski definition) is 0. The van der Waals surface area contributed by atoms with Crippen LogP contribution in [0, 0.1) is 17.3 Å². The zero-order valence-corrected chi connectivity index (χ0v) is 7.15. The summed E-state index contributed by atoms with van der Waals surface area (Å²) < 4.78 is 0. The van der Waals surface area contributed by atoms with Crippen molar-refractivity contribution in [2.75, 3.05) is 0 Å². The van der Waals surface area contributed by atoms with Gasteiger partial charge in [-0.15, -0.1) is 0 Å². The monoisotopic (exact) mass is 136 g/mol. The summed E-state index contributed by atoms with van der Waals surface area (Å²) in [6, 6.07) is 0. The molecule has 0 nitrogen and oxygen atoms in total. The van der Waals surface area contributed by atoms with Crippen LogP contribution < -0.4 is 0 Å². The third-order valence-corrected chi connectivity index (χ3v) is 3.29. The van der Waals surface area contributed by atoms with E-state index < -0.39 is 0 Å². The van der Waals surface area contributed by atoms with Gasteiger partial charge in [0.05, 0.1) is 0 Å². The minimum atomic E-state index is 0.588. The second kappa shape index (κ2) is 1.66. The SMILES string of the molecule is CC1CC=C2C(C1)C2(C)C. The van der Waals surface area contributed by atoms with Crippen LogP contribution in [0.5, 0.6) is 0 Å². The van der Waals surface area contributed by atoms with E-state index in [2.05, 4.69) is 26.8 Å². The normalized spacial score (nSPS) is 42.1. The molecule has 2 atom stereocenters. The van der Waals surface area contributed by atoms with Gasteiger partial charge < -0.3 is 0 Å². The fourth-order valence-electron chi connectivity index (χ4n) is 2.33. The van der Waals surface area contributed by atoms with Gasteiger partial charge in [0.2, 0.25) is 0 Å². The van der Waals surface area contributed by atoms with Crippen molar-refractivity contribution in [2.24, 2.45) is 17.3 Å². The average molecular weight is 136 g/mol. The Hall–Kier alpha value is -0.260. The fraction of sp³-hybridized carbons (Fsp3) is 0.800. The second-order valence-electron chi connectivity index (χ2n) is 4.51. The summed E-state index contributed by atoms with van der Waals surface area (Å²) in [6.07, 6.45) is 5.24. The highest BCUT2D eigenvalue weighted by Gasteiger charge is 2.52. The molecule has 0 amide bonds. The molecule has 0 heterocycles. The summed E-state index contributed by atoms with van der Waals surface area (Å²) in [6.45, 7) is 7.12. The first kappa shape index (κ1) is 6.45. The standard InChI is InChI=1S/C10H16/c1-7-4-5-8-9(6-7)10(8,2)3/h5,7,9H,4,6H2,1-3H3. The third-order valence-electron chi connectivity index (χ3n) is 3.29. The van der Waals surface area contributed by atoms with E-state index >= 15 is 0 Å². The highest BCUT2D eigenvalue weighted by Crippen LogP contribution is 2.62. The maximum atomic E-state index is 2.47. The topological polar surface area (TPSA) is 0 Å². The molecule has 2 aliphatic rings. The average Bonchev–Trinajstić information content (AvgIpc) is 2.36. The Balaban J connectivity index is 2.19. The molecule has 1 saturated carbocycles. The molecule has 2 rings (SSSR count). The lowest BCUT2D eigenvalue weighted by atomic mass is 9.95. The van der Waals surface area contributed by atoms with Crippen molar-refractivity contribution in [3.63, 3.8) is 0 Å². The third kappa shape index (κ3) is 0.680. The lowest BCUT2D eigenvalue weighted by Gasteiger charge is -2.10. The maximum Gasteiger partial charge on any atom is -0.00759 e. The number of fused-ring (bicyclic) bond motifs is 1. The largest absolute Gasteiger partial charge is 0.0842 e. The summed E-state index contributed by atoms with van der Waals surface area (Å²) in [7, 11) is 0. The van der Waals surface area contributed by atoms with Gasteiger partial charge in [-0.2, -0.15) is 0 Å². The number of rotatable bonds is 0. The first-order valence-corrected chi connectivity index (χ1v) is 4.33. The van der Waals surface area contributed by atoms with Gasteiger partial charge in [-0.3, -0.25) is 0 Å². The molecule has 56 valence electrons. The molecule has 10 heavy (non-hydrogen) atoms. The van der Waals surface area contributed by atoms with Crippen LogP contribution in [0.15, 0.2) is 11.6 Å². The van der Waals surface area contributed by atoms with E-state index in [1.165, 1.54) is 12.8 Å². The smallest absolute Gasteiger partial charge is 0.00759 e. The first-order valence-electron chi connectivity index (χ1n) is 4.33. The highest BCUT2D eigenvalue weighted by molar-refractivity contribution is 5.37. The predicted molar refractivity (Wildman–Crippen MR) is 43.8 cm³/mol. The summed E-state index contributed by atoms with van der Waals surface area (Å²) in [5, 5.41) is 0. The molecule has 0 aromatic carbocycles. The van der Waals surface area contributed by atoms with Gasteiger partial charge in [0.1, 0.15) is 0 Å². The van der Waals surface area contributed by atoms with Crippen LogP contribution in [0.25, 0.3) is 0 Å². The zero-order chi connectivity index (χ0) is 7.35. The lowest BCUT2D eigenvalue weighted by Crippen LogP contribution is -1.99. The molecule has 2 unspecified atom stereocenters. The molecule has 0 aliphatic heterocycles. The van der Waals surface area contributed by atoms with Crippen LogP contribution in [0.4, 0.5) is 0 Å². The van der Waals surface area contributed by atoms with Crippen molar-refractivity contribution in [1.29, 1.82) is 0 Å². The molecule has 2 aliphatic carbocycles. The minimum Gasteiger partial charge on any atom is -0.0842 e. The van der Waals surface area contributed by atoms with E-state index in [4.69, 9.17) is 0 Å². The van der Waals surface area contributed by atoms with E-state index in [0.29, 0.717) is 5.41 Å². The summed E-state index contributed by atoms with van der Waals surface area (Å²) in [4.78, 5) is 0. The van der Waals surface area contributed by atoms with Gasteiger partial charge in [-0.25, -0.2) is 0 Å². The Kier molecular flexibility index (Phi) is 1.07. The van der Waals surface area contributed by atoms with Crippen LogP contribution in [0.3, 0.4) is 0 Å². The first-order chi connectivity index (χ1) is 4.62. The van der Waals surface area contributed by atoms with Crippen LogP contribution in [0.1, 0.15) is 33.6 Å². The molecule has 0 saturated heterocycles. The zero-order valence-electron chi connectivity index (χ0n) is 7.15. The number of allylic oxidation sites excluding steroid dienone is 2. The summed E-state index contributed by atoms with van der Waals surface area (Å²) in [5.74, 6) is 1.90. The Bertz CT molecular complexity index is 186. The molecule has 0 N–H and O–H groups in total. The van der Waals surface area contributed by atoms with Crippen molar-refractivity contribution >= 4 is 0 Å². The molecule has 0 radical (unpaired) electrons. The van der Waals surface area contributed by atoms with Crippen LogP contribution in [-0.2, 0) is 0 Å². The van der Waals surface area contributed by atoms with Gasteiger partial charge in [-0.05, 0) is 30.1 Å². The van der Waals surface area contributed by atoms with Crippen molar-refractivity contribution in [2.45, 2.75) is 33.6 Å². The molecular formula is C10H16. The molecule has 0 bridgehead atoms. The molecule has 0 heteroatoms. The van der Waals surface area contributed by atoms with Gasteiger partial charge in [0, 0.05) is 0 Å². The highest BCUT2D eigenvalue weighted by atomic mass is 14.6. The van der Waals surface area contributed by atoms with Crippen molar-refractivity contribution in [3.05, 3.63) is 11.6 Å². The Labute approximate surface area is 63.3 Å². The van der Waals surface area contributed by atoms with E-state index in [-0.39, 0.29) is 0 Å². The van der Waals surface area contributed by atoms with Crippen LogP contribution in [-0.4, -0.2) is 0 Å². The Morgan fingerprint density at radius 2 is 2.20 bits per heavy atom. The Morgan fingerprint density at radius 3 is 2.70 bits per heavy atom. The fourth-order valence-corrected chi connectivity index (χ4v) is 2.33. The molecule has 0 aromatic rings. The molecule has 1 fully saturated rings. The van der Waals surface area contributed by atoms with Gasteiger partial charge in [0.25, 0.3) is 0 Å². The van der Waals surface area contributed by atoms with Gasteiger partial charge >= 0.3 is 0 Å². The molecule has 0 spiro atoms. The van der Waals surface area contributed by atoms with Crippen LogP contribution >= 0.6 is 0 Å². The van der Waals surface area contributed by atoms with E-state index in [1.54, 1.807) is 5.57 Å². The maximum absolute atomic E-state index is 2.47. The van der Waals surface area contributed by atoms with E-state index in [9.17, 15) is 0 Å². The van der Waals surface area contributed by atoms with Gasteiger partial charge in [-0.1, -0.05) is 32.4 Å². The van der Waals surface area contributed by atoms with Crippen molar-refractivity contribution in [1.82, 2.24) is 0 Å². The van der Waals surface area contributed by atoms with Crippen molar-refractivity contribution in [3.8, 4) is 0 Å².